The standard InChI is InChI=1S/C27H24S/c1-2-28-26-20-18-25(19-21-26)27(22-12-6-3-7-13-22,23-14-8-4-9-15-23)24-16-10-5-11-17-24/h3-21H,2H2,1H3. The molecule has 0 nitrogen and oxygen atoms in total. The minimum atomic E-state index is -0.348. The van der Waals surface area contributed by atoms with Crippen LogP contribution in [0.25, 0.3) is 0 Å². The fourth-order valence-corrected chi connectivity index (χ4v) is 4.69. The van der Waals surface area contributed by atoms with Crippen LogP contribution in [0.15, 0.2) is 120 Å². The third-order valence-electron chi connectivity index (χ3n) is 5.22. The second kappa shape index (κ2) is 8.50. The summed E-state index contributed by atoms with van der Waals surface area (Å²) in [5, 5.41) is 0. The highest BCUT2D eigenvalue weighted by molar-refractivity contribution is 7.99. The Kier molecular flexibility index (Phi) is 5.64. The van der Waals surface area contributed by atoms with Crippen molar-refractivity contribution in [2.75, 3.05) is 5.75 Å². The Balaban J connectivity index is 2.04. The van der Waals surface area contributed by atoms with Crippen molar-refractivity contribution in [3.05, 3.63) is 138 Å². The number of hydrogen-bond donors (Lipinski definition) is 0. The van der Waals surface area contributed by atoms with Gasteiger partial charge in [0.1, 0.15) is 0 Å². The molecule has 1 heteroatoms. The van der Waals surface area contributed by atoms with Gasteiger partial charge in [-0.15, -0.1) is 11.8 Å². The van der Waals surface area contributed by atoms with Crippen LogP contribution in [0.2, 0.25) is 0 Å². The minimum absolute atomic E-state index is 0.348. The molecule has 0 bridgehead atoms. The maximum absolute atomic E-state index is 2.30. The maximum atomic E-state index is 2.30. The number of rotatable bonds is 6. The van der Waals surface area contributed by atoms with Crippen LogP contribution in [0.3, 0.4) is 0 Å². The van der Waals surface area contributed by atoms with Crippen LogP contribution in [-0.4, -0.2) is 5.75 Å². The summed E-state index contributed by atoms with van der Waals surface area (Å²) in [6, 6.07) is 41.7. The van der Waals surface area contributed by atoms with E-state index in [4.69, 9.17) is 0 Å². The lowest BCUT2D eigenvalue weighted by molar-refractivity contribution is 0.744. The van der Waals surface area contributed by atoms with Crippen LogP contribution in [0.4, 0.5) is 0 Å². The third-order valence-corrected chi connectivity index (χ3v) is 6.11. The normalized spacial score (nSPS) is 11.3. The van der Waals surface area contributed by atoms with Gasteiger partial charge >= 0.3 is 0 Å². The van der Waals surface area contributed by atoms with Crippen LogP contribution in [0.1, 0.15) is 29.2 Å². The van der Waals surface area contributed by atoms with Crippen molar-refractivity contribution in [2.24, 2.45) is 0 Å². The largest absolute Gasteiger partial charge is 0.126 e. The molecule has 138 valence electrons. The summed E-state index contributed by atoms with van der Waals surface area (Å²) >= 11 is 1.88. The van der Waals surface area contributed by atoms with Crippen molar-refractivity contribution >= 4 is 11.8 Å². The van der Waals surface area contributed by atoms with Gasteiger partial charge in [0.25, 0.3) is 0 Å². The summed E-state index contributed by atoms with van der Waals surface area (Å²) in [7, 11) is 0. The van der Waals surface area contributed by atoms with Gasteiger partial charge in [-0.2, -0.15) is 0 Å². The van der Waals surface area contributed by atoms with E-state index in [1.165, 1.54) is 27.1 Å². The molecule has 28 heavy (non-hydrogen) atoms. The fraction of sp³-hybridized carbons (Fsp3) is 0.111. The van der Waals surface area contributed by atoms with E-state index in [-0.39, 0.29) is 5.41 Å². The van der Waals surface area contributed by atoms with Gasteiger partial charge in [-0.05, 0) is 40.1 Å². The lowest BCUT2D eigenvalue weighted by atomic mass is 9.65. The van der Waals surface area contributed by atoms with Crippen molar-refractivity contribution in [2.45, 2.75) is 17.2 Å². The van der Waals surface area contributed by atoms with Gasteiger partial charge in [0.2, 0.25) is 0 Å². The predicted octanol–water partition coefficient (Wildman–Crippen LogP) is 7.18. The Hall–Kier alpha value is -2.77. The molecule has 0 radical (unpaired) electrons. The Bertz CT molecular complexity index is 894. The topological polar surface area (TPSA) is 0 Å². The van der Waals surface area contributed by atoms with E-state index in [1.807, 2.05) is 11.8 Å². The first-order valence-electron chi connectivity index (χ1n) is 9.75. The molecule has 0 aliphatic rings. The Morgan fingerprint density at radius 1 is 0.500 bits per heavy atom. The summed E-state index contributed by atoms with van der Waals surface area (Å²) in [4.78, 5) is 1.31. The summed E-state index contributed by atoms with van der Waals surface area (Å²) in [6.45, 7) is 2.20. The molecule has 0 amide bonds. The molecule has 0 aromatic heterocycles. The smallest absolute Gasteiger partial charge is 0.0701 e. The number of thioether (sulfide) groups is 1. The zero-order valence-electron chi connectivity index (χ0n) is 16.1. The molecule has 0 atom stereocenters. The van der Waals surface area contributed by atoms with Crippen LogP contribution >= 0.6 is 11.8 Å². The van der Waals surface area contributed by atoms with Crippen molar-refractivity contribution in [1.82, 2.24) is 0 Å². The van der Waals surface area contributed by atoms with Gasteiger partial charge in [-0.3, -0.25) is 0 Å². The highest BCUT2D eigenvalue weighted by atomic mass is 32.2. The molecule has 4 rings (SSSR count). The van der Waals surface area contributed by atoms with E-state index in [9.17, 15) is 0 Å². The van der Waals surface area contributed by atoms with Gasteiger partial charge in [0, 0.05) is 4.90 Å². The van der Waals surface area contributed by atoms with Crippen molar-refractivity contribution in [3.63, 3.8) is 0 Å². The van der Waals surface area contributed by atoms with E-state index in [2.05, 4.69) is 122 Å². The van der Waals surface area contributed by atoms with Crippen LogP contribution in [0, 0.1) is 0 Å². The van der Waals surface area contributed by atoms with E-state index in [0.717, 1.165) is 5.75 Å². The molecule has 0 heterocycles. The molecular formula is C27H24S. The summed E-state index contributed by atoms with van der Waals surface area (Å²) in [5.74, 6) is 1.08. The molecule has 0 aliphatic carbocycles. The lowest BCUT2D eigenvalue weighted by Gasteiger charge is -2.37. The number of hydrogen-bond acceptors (Lipinski definition) is 1. The van der Waals surface area contributed by atoms with Gasteiger partial charge < -0.3 is 0 Å². The molecule has 0 saturated carbocycles. The monoisotopic (exact) mass is 380 g/mol. The van der Waals surface area contributed by atoms with E-state index in [1.54, 1.807) is 0 Å². The SMILES string of the molecule is CCSc1ccc(C(c2ccccc2)(c2ccccc2)c2ccccc2)cc1. The van der Waals surface area contributed by atoms with Gasteiger partial charge in [0.15, 0.2) is 0 Å². The summed E-state index contributed by atoms with van der Waals surface area (Å²) in [5.41, 5.74) is 4.78. The van der Waals surface area contributed by atoms with E-state index in [0.29, 0.717) is 0 Å². The van der Waals surface area contributed by atoms with Crippen LogP contribution in [-0.2, 0) is 5.41 Å². The second-order valence-electron chi connectivity index (χ2n) is 6.81. The molecule has 4 aromatic rings. The first-order valence-corrected chi connectivity index (χ1v) is 10.7. The summed E-state index contributed by atoms with van der Waals surface area (Å²) < 4.78 is 0. The Morgan fingerprint density at radius 2 is 0.857 bits per heavy atom. The summed E-state index contributed by atoms with van der Waals surface area (Å²) in [6.07, 6.45) is 0. The fourth-order valence-electron chi connectivity index (χ4n) is 4.03. The third kappa shape index (κ3) is 3.39. The predicted molar refractivity (Wildman–Crippen MR) is 121 cm³/mol. The van der Waals surface area contributed by atoms with Crippen LogP contribution in [0.5, 0.6) is 0 Å². The lowest BCUT2D eigenvalue weighted by Crippen LogP contribution is -2.30. The zero-order valence-corrected chi connectivity index (χ0v) is 16.9. The van der Waals surface area contributed by atoms with Gasteiger partial charge in [-0.1, -0.05) is 110 Å². The van der Waals surface area contributed by atoms with E-state index >= 15 is 0 Å². The molecule has 0 aliphatic heterocycles. The molecular weight excluding hydrogens is 356 g/mol. The highest BCUT2D eigenvalue weighted by Crippen LogP contribution is 2.45. The maximum Gasteiger partial charge on any atom is 0.0701 e. The molecule has 0 fully saturated rings. The highest BCUT2D eigenvalue weighted by Gasteiger charge is 2.37. The Labute approximate surface area is 172 Å². The Morgan fingerprint density at radius 3 is 1.21 bits per heavy atom. The quantitative estimate of drug-likeness (QED) is 0.252. The molecule has 0 unspecified atom stereocenters. The van der Waals surface area contributed by atoms with Gasteiger partial charge in [0.05, 0.1) is 5.41 Å². The molecule has 0 spiro atoms. The molecule has 4 aromatic carbocycles. The first-order chi connectivity index (χ1) is 13.9. The molecule has 0 saturated heterocycles. The zero-order chi connectivity index (χ0) is 19.2. The van der Waals surface area contributed by atoms with Crippen molar-refractivity contribution < 1.29 is 0 Å². The average Bonchev–Trinajstić information content (AvgIpc) is 2.78. The van der Waals surface area contributed by atoms with E-state index < -0.39 is 0 Å². The minimum Gasteiger partial charge on any atom is -0.126 e. The van der Waals surface area contributed by atoms with Crippen LogP contribution < -0.4 is 0 Å². The van der Waals surface area contributed by atoms with Crippen molar-refractivity contribution in [1.29, 1.82) is 0 Å². The first kappa shape index (κ1) is 18.6. The van der Waals surface area contributed by atoms with Crippen molar-refractivity contribution in [3.8, 4) is 0 Å². The average molecular weight is 381 g/mol. The second-order valence-corrected chi connectivity index (χ2v) is 8.14. The number of benzene rings is 4. The van der Waals surface area contributed by atoms with Gasteiger partial charge in [-0.25, -0.2) is 0 Å². The molecule has 0 N–H and O–H groups in total.